The van der Waals surface area contributed by atoms with Gasteiger partial charge in [-0.2, -0.15) is 0 Å². The van der Waals surface area contributed by atoms with Crippen molar-refractivity contribution in [3.05, 3.63) is 24.2 Å². The molecule has 0 fully saturated rings. The molecule has 2 rings (SSSR count). The van der Waals surface area contributed by atoms with Crippen molar-refractivity contribution in [3.63, 3.8) is 0 Å². The highest BCUT2D eigenvalue weighted by atomic mass is 16.5. The number of aliphatic hydroxyl groups excluding tert-OH is 1. The van der Waals surface area contributed by atoms with Crippen LogP contribution in [0.3, 0.4) is 0 Å². The van der Waals surface area contributed by atoms with Gasteiger partial charge in [0.2, 0.25) is 11.8 Å². The summed E-state index contributed by atoms with van der Waals surface area (Å²) in [6.07, 6.45) is 0.973. The van der Waals surface area contributed by atoms with Crippen molar-refractivity contribution < 1.29 is 14.3 Å². The fraction of sp³-hybridized carbons (Fsp3) is 0.533. The molecule has 2 aromatic rings. The molecule has 7 heteroatoms. The van der Waals surface area contributed by atoms with Crippen LogP contribution < -0.4 is 10.1 Å². The second-order valence-electron chi connectivity index (χ2n) is 6.08. The van der Waals surface area contributed by atoms with E-state index in [-0.39, 0.29) is 12.1 Å². The normalized spacial score (nSPS) is 13.1. The smallest absolute Gasteiger partial charge is 0.253 e. The molecule has 0 saturated heterocycles. The van der Waals surface area contributed by atoms with Gasteiger partial charge < -0.3 is 19.6 Å². The highest BCUT2D eigenvalue weighted by Gasteiger charge is 2.16. The van der Waals surface area contributed by atoms with E-state index in [0.717, 1.165) is 0 Å². The van der Waals surface area contributed by atoms with Crippen LogP contribution in [0.2, 0.25) is 0 Å². The third-order valence-electron chi connectivity index (χ3n) is 2.81. The minimum atomic E-state index is -0.640. The van der Waals surface area contributed by atoms with Crippen molar-refractivity contribution in [1.82, 2.24) is 20.5 Å². The number of β-amino-alcohol motifs (C(OH)–C–C–N with tert-alkyl or cyclic N) is 1. The minimum Gasteiger partial charge on any atom is -0.474 e. The van der Waals surface area contributed by atoms with Gasteiger partial charge in [0.1, 0.15) is 18.3 Å². The molecule has 22 heavy (non-hydrogen) atoms. The summed E-state index contributed by atoms with van der Waals surface area (Å²) in [5.41, 5.74) is 0.553. The molecular weight excluding hydrogens is 284 g/mol. The molecule has 1 atom stereocenters. The second-order valence-corrected chi connectivity index (χ2v) is 6.08. The molecule has 0 aromatic carbocycles. The number of aliphatic hydroxyl groups is 1. The van der Waals surface area contributed by atoms with Gasteiger partial charge in [-0.05, 0) is 32.9 Å². The van der Waals surface area contributed by atoms with Crippen molar-refractivity contribution in [2.45, 2.75) is 39.3 Å². The number of ether oxygens (including phenoxy) is 1. The van der Waals surface area contributed by atoms with E-state index < -0.39 is 6.10 Å². The summed E-state index contributed by atoms with van der Waals surface area (Å²) in [6, 6.07) is 3.55. The largest absolute Gasteiger partial charge is 0.474 e. The van der Waals surface area contributed by atoms with Crippen LogP contribution in [0, 0.1) is 6.92 Å². The molecule has 120 valence electrons. The lowest BCUT2D eigenvalue weighted by atomic mass is 10.1. The van der Waals surface area contributed by atoms with Crippen molar-refractivity contribution >= 4 is 0 Å². The van der Waals surface area contributed by atoms with Gasteiger partial charge >= 0.3 is 0 Å². The molecule has 0 bridgehead atoms. The van der Waals surface area contributed by atoms with Crippen LogP contribution in [0.5, 0.6) is 5.88 Å². The van der Waals surface area contributed by atoms with Crippen LogP contribution in [0.25, 0.3) is 11.5 Å². The number of nitrogens with zero attached hydrogens (tertiary/aromatic N) is 3. The van der Waals surface area contributed by atoms with Crippen molar-refractivity contribution in [3.8, 4) is 17.3 Å². The zero-order chi connectivity index (χ0) is 16.2. The Kier molecular flexibility index (Phi) is 5.10. The van der Waals surface area contributed by atoms with E-state index in [9.17, 15) is 5.11 Å². The van der Waals surface area contributed by atoms with Crippen LogP contribution in [0.15, 0.2) is 22.7 Å². The first-order chi connectivity index (χ1) is 10.3. The molecule has 7 nitrogen and oxygen atoms in total. The second kappa shape index (κ2) is 6.85. The van der Waals surface area contributed by atoms with E-state index in [1.54, 1.807) is 25.3 Å². The van der Waals surface area contributed by atoms with Gasteiger partial charge in [0.05, 0.1) is 0 Å². The van der Waals surface area contributed by atoms with E-state index in [2.05, 4.69) is 20.5 Å². The van der Waals surface area contributed by atoms with Gasteiger partial charge in [0.15, 0.2) is 0 Å². The fourth-order valence-electron chi connectivity index (χ4n) is 1.73. The topological polar surface area (TPSA) is 93.3 Å². The maximum atomic E-state index is 9.97. The summed E-state index contributed by atoms with van der Waals surface area (Å²) in [6.45, 7) is 8.39. The monoisotopic (exact) mass is 306 g/mol. The lowest BCUT2D eigenvalue weighted by Crippen LogP contribution is -2.42. The van der Waals surface area contributed by atoms with Crippen LogP contribution in [-0.4, -0.2) is 45.1 Å². The van der Waals surface area contributed by atoms with E-state index in [4.69, 9.17) is 9.15 Å². The Morgan fingerprint density at radius 2 is 2.14 bits per heavy atom. The van der Waals surface area contributed by atoms with Gasteiger partial charge in [-0.15, -0.1) is 10.2 Å². The van der Waals surface area contributed by atoms with Gasteiger partial charge in [-0.25, -0.2) is 4.98 Å². The van der Waals surface area contributed by atoms with Crippen LogP contribution in [0.1, 0.15) is 26.7 Å². The van der Waals surface area contributed by atoms with Crippen LogP contribution in [0.4, 0.5) is 0 Å². The summed E-state index contributed by atoms with van der Waals surface area (Å²) >= 11 is 0. The van der Waals surface area contributed by atoms with Gasteiger partial charge in [-0.1, -0.05) is 0 Å². The van der Waals surface area contributed by atoms with Crippen molar-refractivity contribution in [1.29, 1.82) is 0 Å². The molecule has 1 unspecified atom stereocenters. The van der Waals surface area contributed by atoms with E-state index in [1.807, 2.05) is 20.8 Å². The number of aryl methyl sites for hydroxylation is 1. The number of aromatic nitrogens is 3. The van der Waals surface area contributed by atoms with Crippen molar-refractivity contribution in [2.24, 2.45) is 0 Å². The Hall–Kier alpha value is -1.99. The maximum Gasteiger partial charge on any atom is 0.253 e. The molecule has 2 N–H and O–H groups in total. The van der Waals surface area contributed by atoms with Gasteiger partial charge in [-0.3, -0.25) is 0 Å². The fourth-order valence-corrected chi connectivity index (χ4v) is 1.73. The average Bonchev–Trinajstić information content (AvgIpc) is 2.89. The Balaban J connectivity index is 1.99. The highest BCUT2D eigenvalue weighted by molar-refractivity contribution is 5.59. The number of hydrogen-bond acceptors (Lipinski definition) is 7. The Morgan fingerprint density at radius 1 is 1.36 bits per heavy atom. The summed E-state index contributed by atoms with van der Waals surface area (Å²) < 4.78 is 11.0. The molecule has 0 saturated carbocycles. The predicted molar refractivity (Wildman–Crippen MR) is 81.5 cm³/mol. The summed E-state index contributed by atoms with van der Waals surface area (Å²) in [7, 11) is 0. The molecule has 2 heterocycles. The Bertz CT molecular complexity index is 607. The average molecular weight is 306 g/mol. The SMILES string of the molecule is Cc1nnc(-c2cccnc2OCC(O)CNC(C)(C)C)o1. The van der Waals surface area contributed by atoms with Crippen LogP contribution >= 0.6 is 0 Å². The Labute approximate surface area is 129 Å². The first-order valence-corrected chi connectivity index (χ1v) is 7.16. The highest BCUT2D eigenvalue weighted by Crippen LogP contribution is 2.26. The summed E-state index contributed by atoms with van der Waals surface area (Å²) in [5, 5.41) is 20.9. The first-order valence-electron chi connectivity index (χ1n) is 7.16. The molecule has 2 aromatic heterocycles. The number of rotatable bonds is 6. The number of pyridine rings is 1. The quantitative estimate of drug-likeness (QED) is 0.836. The summed E-state index contributed by atoms with van der Waals surface area (Å²) in [4.78, 5) is 4.16. The zero-order valence-electron chi connectivity index (χ0n) is 13.3. The predicted octanol–water partition coefficient (Wildman–Crippen LogP) is 1.57. The molecule has 0 aliphatic carbocycles. The third-order valence-corrected chi connectivity index (χ3v) is 2.81. The molecule has 0 radical (unpaired) electrons. The van der Waals surface area contributed by atoms with Gasteiger partial charge in [0.25, 0.3) is 5.89 Å². The Morgan fingerprint density at radius 3 is 2.77 bits per heavy atom. The minimum absolute atomic E-state index is 0.0571. The summed E-state index contributed by atoms with van der Waals surface area (Å²) in [5.74, 6) is 1.18. The van der Waals surface area contributed by atoms with Crippen molar-refractivity contribution in [2.75, 3.05) is 13.2 Å². The van der Waals surface area contributed by atoms with E-state index in [1.165, 1.54) is 0 Å². The molecule has 0 aliphatic heterocycles. The lowest BCUT2D eigenvalue weighted by molar-refractivity contribution is 0.0980. The first kappa shape index (κ1) is 16.4. The number of hydrogen-bond donors (Lipinski definition) is 2. The van der Waals surface area contributed by atoms with Gasteiger partial charge in [0, 0.05) is 25.2 Å². The van der Waals surface area contributed by atoms with Crippen LogP contribution in [-0.2, 0) is 0 Å². The zero-order valence-corrected chi connectivity index (χ0v) is 13.3. The molecular formula is C15H22N4O3. The van der Waals surface area contributed by atoms with E-state index >= 15 is 0 Å². The lowest BCUT2D eigenvalue weighted by Gasteiger charge is -2.22. The van der Waals surface area contributed by atoms with E-state index in [0.29, 0.717) is 29.8 Å². The number of nitrogens with one attached hydrogen (secondary N) is 1. The molecule has 0 aliphatic rings. The third kappa shape index (κ3) is 4.78. The molecule has 0 amide bonds. The standard InChI is InChI=1S/C15H22N4O3/c1-10-18-19-14(22-10)12-6-5-7-16-13(12)21-9-11(20)8-17-15(2,3)4/h5-7,11,17,20H,8-9H2,1-4H3. The maximum absolute atomic E-state index is 9.97. The molecule has 0 spiro atoms.